The van der Waals surface area contributed by atoms with E-state index in [0.717, 1.165) is 30.9 Å². The summed E-state index contributed by atoms with van der Waals surface area (Å²) in [5.41, 5.74) is 2.30. The van der Waals surface area contributed by atoms with Gasteiger partial charge in [-0.2, -0.15) is 0 Å². The summed E-state index contributed by atoms with van der Waals surface area (Å²) >= 11 is 2.29. The number of hydrogen-bond acceptors (Lipinski definition) is 6. The molecule has 10 heteroatoms. The molecule has 0 aliphatic carbocycles. The SMILES string of the molecule is CC(C)(C)OC(=O)Cn1ccnc1CN(CCc1ccc(N[SH](=O)=O)cc1)Cc1ccc(I)cc1. The summed E-state index contributed by atoms with van der Waals surface area (Å²) in [5, 5.41) is 0. The number of ether oxygens (including phenoxy) is 1. The van der Waals surface area contributed by atoms with E-state index in [1.165, 1.54) is 9.13 Å². The van der Waals surface area contributed by atoms with Crippen molar-refractivity contribution < 1.29 is 17.9 Å². The Labute approximate surface area is 221 Å². The Morgan fingerprint density at radius 1 is 1.06 bits per heavy atom. The Morgan fingerprint density at radius 3 is 2.34 bits per heavy atom. The summed E-state index contributed by atoms with van der Waals surface area (Å²) in [6.07, 6.45) is 4.28. The lowest BCUT2D eigenvalue weighted by Gasteiger charge is -2.23. The van der Waals surface area contributed by atoms with Gasteiger partial charge in [-0.1, -0.05) is 24.3 Å². The minimum Gasteiger partial charge on any atom is -0.459 e. The van der Waals surface area contributed by atoms with Crippen LogP contribution in [0.25, 0.3) is 0 Å². The Morgan fingerprint density at radius 2 is 1.71 bits per heavy atom. The number of nitrogens with one attached hydrogen (secondary N) is 1. The molecule has 0 radical (unpaired) electrons. The van der Waals surface area contributed by atoms with Crippen LogP contribution >= 0.6 is 22.6 Å². The van der Waals surface area contributed by atoms with Gasteiger partial charge < -0.3 is 9.30 Å². The molecule has 0 spiro atoms. The van der Waals surface area contributed by atoms with E-state index in [2.05, 4.69) is 61.5 Å². The van der Waals surface area contributed by atoms with Crippen LogP contribution < -0.4 is 4.72 Å². The molecule has 0 aliphatic heterocycles. The van der Waals surface area contributed by atoms with Crippen LogP contribution in [0, 0.1) is 3.57 Å². The summed E-state index contributed by atoms with van der Waals surface area (Å²) in [4.78, 5) is 19.2. The highest BCUT2D eigenvalue weighted by molar-refractivity contribution is 14.1. The standard InChI is InChI=1S/C25H31IN4O4S/c1-25(2,3)34-24(31)18-30-15-13-27-23(30)17-29(16-20-4-8-21(26)9-5-20)14-12-19-6-10-22(11-7-19)28-35(32)33/h4-11,13,15,35H,12,14,16-18H2,1-3H3,(H,28,32,33). The molecule has 188 valence electrons. The number of benzene rings is 2. The molecule has 1 N–H and O–H groups in total. The van der Waals surface area contributed by atoms with Crippen LogP contribution in [-0.2, 0) is 46.5 Å². The maximum Gasteiger partial charge on any atom is 0.326 e. The van der Waals surface area contributed by atoms with Gasteiger partial charge in [-0.15, -0.1) is 0 Å². The van der Waals surface area contributed by atoms with Gasteiger partial charge in [0.25, 0.3) is 0 Å². The van der Waals surface area contributed by atoms with Crippen molar-refractivity contribution in [2.75, 3.05) is 11.3 Å². The average molecular weight is 611 g/mol. The molecule has 1 heterocycles. The second-order valence-corrected chi connectivity index (χ2v) is 11.2. The van der Waals surface area contributed by atoms with Crippen LogP contribution in [-0.4, -0.2) is 41.0 Å². The predicted molar refractivity (Wildman–Crippen MR) is 145 cm³/mol. The van der Waals surface area contributed by atoms with Crippen LogP contribution in [0.1, 0.15) is 37.7 Å². The number of aromatic nitrogens is 2. The first-order valence-corrected chi connectivity index (χ1v) is 13.5. The van der Waals surface area contributed by atoms with Crippen LogP contribution in [0.4, 0.5) is 5.69 Å². The third-order valence-electron chi connectivity index (χ3n) is 5.10. The van der Waals surface area contributed by atoms with Gasteiger partial charge in [0.2, 0.25) is 10.9 Å². The Bertz CT molecular complexity index is 1180. The van der Waals surface area contributed by atoms with E-state index >= 15 is 0 Å². The van der Waals surface area contributed by atoms with Gasteiger partial charge in [0.1, 0.15) is 18.0 Å². The van der Waals surface area contributed by atoms with Crippen molar-refractivity contribution in [1.82, 2.24) is 14.5 Å². The highest BCUT2D eigenvalue weighted by Gasteiger charge is 2.18. The predicted octanol–water partition coefficient (Wildman–Crippen LogP) is 4.01. The fourth-order valence-electron chi connectivity index (χ4n) is 3.55. The van der Waals surface area contributed by atoms with E-state index in [9.17, 15) is 13.2 Å². The number of carbonyl (C=O) groups is 1. The molecule has 0 atom stereocenters. The van der Waals surface area contributed by atoms with E-state index in [-0.39, 0.29) is 12.5 Å². The van der Waals surface area contributed by atoms with E-state index in [1.54, 1.807) is 24.5 Å². The molecule has 35 heavy (non-hydrogen) atoms. The number of nitrogens with zero attached hydrogens (tertiary/aromatic N) is 3. The van der Waals surface area contributed by atoms with Crippen molar-refractivity contribution in [3.05, 3.63) is 81.4 Å². The van der Waals surface area contributed by atoms with Gasteiger partial charge in [-0.3, -0.25) is 14.4 Å². The maximum absolute atomic E-state index is 12.4. The van der Waals surface area contributed by atoms with E-state index in [0.29, 0.717) is 12.2 Å². The van der Waals surface area contributed by atoms with Gasteiger partial charge in [-0.25, -0.2) is 13.4 Å². The minimum absolute atomic E-state index is 0.112. The van der Waals surface area contributed by atoms with Crippen molar-refractivity contribution in [3.63, 3.8) is 0 Å². The van der Waals surface area contributed by atoms with Gasteiger partial charge in [0.15, 0.2) is 0 Å². The maximum atomic E-state index is 12.4. The summed E-state index contributed by atoms with van der Waals surface area (Å²) in [6.45, 7) is 7.72. The Kier molecular flexibility index (Phi) is 9.70. The number of anilines is 1. The third kappa shape index (κ3) is 9.61. The normalized spacial score (nSPS) is 11.7. The lowest BCUT2D eigenvalue weighted by Crippen LogP contribution is -2.29. The molecule has 3 rings (SSSR count). The molecular formula is C25H31IN4O4S. The van der Waals surface area contributed by atoms with E-state index in [4.69, 9.17) is 4.74 Å². The molecule has 0 saturated carbocycles. The van der Waals surface area contributed by atoms with Crippen molar-refractivity contribution in [3.8, 4) is 0 Å². The zero-order chi connectivity index (χ0) is 25.4. The van der Waals surface area contributed by atoms with Crippen LogP contribution in [0.15, 0.2) is 60.9 Å². The molecule has 0 unspecified atom stereocenters. The number of rotatable bonds is 11. The first-order valence-electron chi connectivity index (χ1n) is 11.3. The average Bonchev–Trinajstić information content (AvgIpc) is 3.19. The fourth-order valence-corrected chi connectivity index (χ4v) is 4.27. The monoisotopic (exact) mass is 610 g/mol. The number of hydrogen-bond donors (Lipinski definition) is 2. The molecule has 1 aromatic heterocycles. The topological polar surface area (TPSA) is 93.5 Å². The van der Waals surface area contributed by atoms with Crippen molar-refractivity contribution in [2.45, 2.75) is 52.4 Å². The molecule has 0 bridgehead atoms. The van der Waals surface area contributed by atoms with E-state index in [1.807, 2.05) is 37.5 Å². The molecule has 3 aromatic rings. The zero-order valence-electron chi connectivity index (χ0n) is 20.1. The van der Waals surface area contributed by atoms with Crippen LogP contribution in [0.3, 0.4) is 0 Å². The van der Waals surface area contributed by atoms with Crippen LogP contribution in [0.2, 0.25) is 0 Å². The summed E-state index contributed by atoms with van der Waals surface area (Å²) < 4.78 is 32.6. The number of halogens is 1. The second-order valence-electron chi connectivity index (χ2n) is 9.21. The fraction of sp³-hybridized carbons (Fsp3) is 0.360. The highest BCUT2D eigenvalue weighted by Crippen LogP contribution is 2.15. The van der Waals surface area contributed by atoms with Crippen molar-refractivity contribution in [1.29, 1.82) is 0 Å². The summed E-state index contributed by atoms with van der Waals surface area (Å²) in [7, 11) is -2.68. The van der Waals surface area contributed by atoms with Crippen molar-refractivity contribution >= 4 is 45.1 Å². The summed E-state index contributed by atoms with van der Waals surface area (Å²) in [5.74, 6) is 0.495. The third-order valence-corrected chi connectivity index (χ3v) is 6.26. The lowest BCUT2D eigenvalue weighted by atomic mass is 10.1. The second kappa shape index (κ2) is 12.5. The Hall–Kier alpha value is -2.44. The minimum atomic E-state index is -2.68. The van der Waals surface area contributed by atoms with Gasteiger partial charge >= 0.3 is 5.97 Å². The Balaban J connectivity index is 1.71. The largest absolute Gasteiger partial charge is 0.459 e. The highest BCUT2D eigenvalue weighted by atomic mass is 127. The van der Waals surface area contributed by atoms with Crippen LogP contribution in [0.5, 0.6) is 0 Å². The number of imidazole rings is 1. The molecule has 8 nitrogen and oxygen atoms in total. The molecule has 0 fully saturated rings. The number of esters is 1. The quantitative estimate of drug-likeness (QED) is 0.194. The van der Waals surface area contributed by atoms with Gasteiger partial charge in [-0.05, 0) is 85.2 Å². The molecular weight excluding hydrogens is 579 g/mol. The summed E-state index contributed by atoms with van der Waals surface area (Å²) in [6, 6.07) is 15.8. The van der Waals surface area contributed by atoms with Gasteiger partial charge in [0, 0.05) is 34.7 Å². The molecule has 2 aromatic carbocycles. The number of carbonyl (C=O) groups excluding carboxylic acids is 1. The zero-order valence-corrected chi connectivity index (χ0v) is 23.2. The van der Waals surface area contributed by atoms with Gasteiger partial charge in [0.05, 0.1) is 6.54 Å². The number of thiol groups is 1. The lowest BCUT2D eigenvalue weighted by molar-refractivity contribution is -0.155. The molecule has 0 saturated heterocycles. The molecule has 0 amide bonds. The first-order chi connectivity index (χ1) is 16.6. The van der Waals surface area contributed by atoms with Crippen molar-refractivity contribution in [2.24, 2.45) is 0 Å². The first kappa shape index (κ1) is 27.2. The molecule has 0 aliphatic rings. The smallest absolute Gasteiger partial charge is 0.326 e. The van der Waals surface area contributed by atoms with E-state index < -0.39 is 16.5 Å².